The molecule has 9 heteroatoms. The Labute approximate surface area is 186 Å². The van der Waals surface area contributed by atoms with Crippen molar-refractivity contribution in [1.82, 2.24) is 0 Å². The Morgan fingerprint density at radius 3 is 2.19 bits per heavy atom. The van der Waals surface area contributed by atoms with Gasteiger partial charge >= 0.3 is 0 Å². The zero-order valence-electron chi connectivity index (χ0n) is 16.7. The number of hydrogen-bond donors (Lipinski definition) is 2. The van der Waals surface area contributed by atoms with Gasteiger partial charge in [0.1, 0.15) is 11.5 Å². The van der Waals surface area contributed by atoms with Crippen molar-refractivity contribution in [2.75, 3.05) is 23.3 Å². The van der Waals surface area contributed by atoms with E-state index in [4.69, 9.17) is 21.1 Å². The van der Waals surface area contributed by atoms with Crippen molar-refractivity contribution in [2.45, 2.75) is 11.8 Å². The van der Waals surface area contributed by atoms with Crippen molar-refractivity contribution < 1.29 is 22.7 Å². The van der Waals surface area contributed by atoms with Gasteiger partial charge in [-0.2, -0.15) is 0 Å². The van der Waals surface area contributed by atoms with Gasteiger partial charge in [-0.1, -0.05) is 17.7 Å². The molecule has 0 aliphatic rings. The first kappa shape index (κ1) is 22.5. The Kier molecular flexibility index (Phi) is 7.38. The molecule has 0 bridgehead atoms. The topological polar surface area (TPSA) is 93.7 Å². The SMILES string of the molecule is CCOc1ccc(OCC(=O)Nc2cccc(S(=O)(=O)Nc3ccc(Cl)cc3)c2)cc1. The molecule has 0 aliphatic carbocycles. The lowest BCUT2D eigenvalue weighted by atomic mass is 10.3. The normalized spacial score (nSPS) is 10.9. The van der Waals surface area contributed by atoms with Crippen LogP contribution in [0.1, 0.15) is 6.92 Å². The number of rotatable bonds is 9. The van der Waals surface area contributed by atoms with Crippen LogP contribution in [0.4, 0.5) is 11.4 Å². The number of halogens is 1. The summed E-state index contributed by atoms with van der Waals surface area (Å²) in [4.78, 5) is 12.2. The first-order chi connectivity index (χ1) is 14.9. The van der Waals surface area contributed by atoms with E-state index in [1.807, 2.05) is 6.92 Å². The molecule has 3 aromatic carbocycles. The highest BCUT2D eigenvalue weighted by atomic mass is 35.5. The largest absolute Gasteiger partial charge is 0.494 e. The van der Waals surface area contributed by atoms with Crippen LogP contribution in [0.5, 0.6) is 11.5 Å². The molecule has 0 aromatic heterocycles. The molecular formula is C22H21ClN2O5S. The maximum absolute atomic E-state index is 12.6. The van der Waals surface area contributed by atoms with E-state index in [1.54, 1.807) is 60.7 Å². The summed E-state index contributed by atoms with van der Waals surface area (Å²) in [5.74, 6) is 0.806. The van der Waals surface area contributed by atoms with Crippen LogP contribution in [-0.2, 0) is 14.8 Å². The van der Waals surface area contributed by atoms with E-state index in [0.717, 1.165) is 0 Å². The van der Waals surface area contributed by atoms with Gasteiger partial charge in [0.2, 0.25) is 0 Å². The van der Waals surface area contributed by atoms with E-state index in [0.29, 0.717) is 34.5 Å². The van der Waals surface area contributed by atoms with E-state index in [2.05, 4.69) is 10.0 Å². The smallest absolute Gasteiger partial charge is 0.262 e. The van der Waals surface area contributed by atoms with Crippen molar-refractivity contribution in [2.24, 2.45) is 0 Å². The van der Waals surface area contributed by atoms with Crippen LogP contribution in [0.25, 0.3) is 0 Å². The third-order valence-corrected chi connectivity index (χ3v) is 5.66. The van der Waals surface area contributed by atoms with E-state index in [9.17, 15) is 13.2 Å². The molecule has 0 saturated carbocycles. The summed E-state index contributed by atoms with van der Waals surface area (Å²) < 4.78 is 38.5. The molecule has 3 rings (SSSR count). The number of anilines is 2. The highest BCUT2D eigenvalue weighted by Gasteiger charge is 2.15. The fourth-order valence-corrected chi connectivity index (χ4v) is 3.85. The van der Waals surface area contributed by atoms with Gasteiger partial charge < -0.3 is 14.8 Å². The first-order valence-corrected chi connectivity index (χ1v) is 11.3. The second kappa shape index (κ2) is 10.2. The van der Waals surface area contributed by atoms with Gasteiger partial charge in [-0.15, -0.1) is 0 Å². The van der Waals surface area contributed by atoms with Gasteiger partial charge in [0.25, 0.3) is 15.9 Å². The van der Waals surface area contributed by atoms with Crippen molar-refractivity contribution >= 4 is 38.9 Å². The van der Waals surface area contributed by atoms with Crippen molar-refractivity contribution in [3.8, 4) is 11.5 Å². The van der Waals surface area contributed by atoms with Crippen LogP contribution < -0.4 is 19.5 Å². The zero-order chi connectivity index (χ0) is 22.3. The number of carbonyl (C=O) groups excluding carboxylic acids is 1. The van der Waals surface area contributed by atoms with E-state index < -0.39 is 15.9 Å². The van der Waals surface area contributed by atoms with Gasteiger partial charge in [-0.05, 0) is 73.7 Å². The number of nitrogens with one attached hydrogen (secondary N) is 2. The summed E-state index contributed by atoms with van der Waals surface area (Å²) >= 11 is 5.82. The van der Waals surface area contributed by atoms with Crippen molar-refractivity contribution in [3.63, 3.8) is 0 Å². The van der Waals surface area contributed by atoms with Crippen LogP contribution in [-0.4, -0.2) is 27.5 Å². The van der Waals surface area contributed by atoms with Gasteiger partial charge in [-0.3, -0.25) is 9.52 Å². The molecule has 1 amide bonds. The Hall–Kier alpha value is -3.23. The van der Waals surface area contributed by atoms with Crippen molar-refractivity contribution in [3.05, 3.63) is 77.8 Å². The lowest BCUT2D eigenvalue weighted by Crippen LogP contribution is -2.20. The molecule has 0 aliphatic heterocycles. The number of sulfonamides is 1. The number of benzene rings is 3. The number of carbonyl (C=O) groups is 1. The molecule has 0 radical (unpaired) electrons. The molecule has 0 fully saturated rings. The van der Waals surface area contributed by atoms with Crippen LogP contribution in [0.15, 0.2) is 77.7 Å². The highest BCUT2D eigenvalue weighted by Crippen LogP contribution is 2.21. The molecule has 0 saturated heterocycles. The van der Waals surface area contributed by atoms with E-state index in [-0.39, 0.29) is 11.5 Å². The molecule has 0 heterocycles. The molecular weight excluding hydrogens is 440 g/mol. The summed E-state index contributed by atoms with van der Waals surface area (Å²) in [5.41, 5.74) is 0.710. The number of hydrogen-bond acceptors (Lipinski definition) is 5. The van der Waals surface area contributed by atoms with Crippen LogP contribution in [0.3, 0.4) is 0 Å². The first-order valence-electron chi connectivity index (χ1n) is 9.40. The van der Waals surface area contributed by atoms with Crippen LogP contribution in [0, 0.1) is 0 Å². The summed E-state index contributed by atoms with van der Waals surface area (Å²) in [5, 5.41) is 3.13. The monoisotopic (exact) mass is 460 g/mol. The summed E-state index contributed by atoms with van der Waals surface area (Å²) in [6.07, 6.45) is 0. The average molecular weight is 461 g/mol. The second-order valence-corrected chi connectivity index (χ2v) is 8.50. The minimum atomic E-state index is -3.84. The quantitative estimate of drug-likeness (QED) is 0.488. The maximum Gasteiger partial charge on any atom is 0.262 e. The Bertz CT molecular complexity index is 1130. The van der Waals surface area contributed by atoms with Crippen molar-refractivity contribution in [1.29, 1.82) is 0 Å². The molecule has 7 nitrogen and oxygen atoms in total. The average Bonchev–Trinajstić information content (AvgIpc) is 2.75. The standard InChI is InChI=1S/C22H21ClN2O5S/c1-2-29-19-10-12-20(13-11-19)30-15-22(26)24-18-4-3-5-21(14-18)31(27,28)25-17-8-6-16(23)7-9-17/h3-14,25H,2,15H2,1H3,(H,24,26). The fourth-order valence-electron chi connectivity index (χ4n) is 2.62. The molecule has 0 spiro atoms. The third-order valence-electron chi connectivity index (χ3n) is 4.03. The fraction of sp³-hybridized carbons (Fsp3) is 0.136. The Balaban J connectivity index is 1.60. The minimum absolute atomic E-state index is 0.00711. The number of amides is 1. The summed E-state index contributed by atoms with van der Waals surface area (Å²) in [7, 11) is -3.84. The van der Waals surface area contributed by atoms with Gasteiger partial charge in [0, 0.05) is 16.4 Å². The zero-order valence-corrected chi connectivity index (χ0v) is 18.2. The predicted molar refractivity (Wildman–Crippen MR) is 120 cm³/mol. The van der Waals surface area contributed by atoms with E-state index in [1.165, 1.54) is 12.1 Å². The van der Waals surface area contributed by atoms with Crippen LogP contribution in [0.2, 0.25) is 5.02 Å². The molecule has 3 aromatic rings. The number of ether oxygens (including phenoxy) is 2. The third kappa shape index (κ3) is 6.63. The molecule has 0 unspecified atom stereocenters. The molecule has 2 N–H and O–H groups in total. The highest BCUT2D eigenvalue weighted by molar-refractivity contribution is 7.92. The van der Waals surface area contributed by atoms with Gasteiger partial charge in [0.15, 0.2) is 6.61 Å². The second-order valence-electron chi connectivity index (χ2n) is 6.38. The Morgan fingerprint density at radius 2 is 1.55 bits per heavy atom. The Morgan fingerprint density at radius 1 is 0.903 bits per heavy atom. The lowest BCUT2D eigenvalue weighted by molar-refractivity contribution is -0.118. The molecule has 0 atom stereocenters. The van der Waals surface area contributed by atoms with Gasteiger partial charge in [0.05, 0.1) is 11.5 Å². The van der Waals surface area contributed by atoms with Crippen LogP contribution >= 0.6 is 11.6 Å². The van der Waals surface area contributed by atoms with Gasteiger partial charge in [-0.25, -0.2) is 8.42 Å². The minimum Gasteiger partial charge on any atom is -0.494 e. The lowest BCUT2D eigenvalue weighted by Gasteiger charge is -2.11. The summed E-state index contributed by atoms with van der Waals surface area (Å²) in [6.45, 7) is 2.23. The van der Waals surface area contributed by atoms with E-state index >= 15 is 0 Å². The summed E-state index contributed by atoms with van der Waals surface area (Å²) in [6, 6.07) is 19.1. The molecule has 162 valence electrons. The molecule has 31 heavy (non-hydrogen) atoms. The maximum atomic E-state index is 12.6. The predicted octanol–water partition coefficient (Wildman–Crippen LogP) is 4.56.